The monoisotopic (exact) mass is 254 g/mol. The second-order valence-corrected chi connectivity index (χ2v) is 5.88. The molecule has 0 bridgehead atoms. The van der Waals surface area contributed by atoms with Crippen LogP contribution in [0.3, 0.4) is 0 Å². The van der Waals surface area contributed by atoms with E-state index in [1.54, 1.807) is 0 Å². The zero-order chi connectivity index (χ0) is 14.2. The molecule has 0 aliphatic rings. The number of aryl methyl sites for hydroxylation is 4. The van der Waals surface area contributed by atoms with Gasteiger partial charge in [0, 0.05) is 17.2 Å². The maximum atomic E-state index is 2.36. The van der Waals surface area contributed by atoms with Gasteiger partial charge in [-0.1, -0.05) is 19.9 Å². The molecule has 0 aliphatic carbocycles. The largest absolute Gasteiger partial charge is 0.212 e. The molecular weight excluding hydrogens is 230 g/mol. The fourth-order valence-corrected chi connectivity index (χ4v) is 2.79. The van der Waals surface area contributed by atoms with E-state index in [9.17, 15) is 0 Å². The van der Waals surface area contributed by atoms with E-state index in [1.165, 1.54) is 33.5 Å². The van der Waals surface area contributed by atoms with Crippen LogP contribution in [0.1, 0.15) is 42.0 Å². The van der Waals surface area contributed by atoms with Crippen molar-refractivity contribution >= 4 is 0 Å². The Morgan fingerprint density at radius 1 is 0.947 bits per heavy atom. The molecular formula is C18H24N+. The van der Waals surface area contributed by atoms with Crippen LogP contribution in [0.2, 0.25) is 0 Å². The summed E-state index contributed by atoms with van der Waals surface area (Å²) in [6.07, 6.45) is 2.18. The Balaban J connectivity index is 2.64. The standard InChI is InChI=1S/C18H24N/c1-12(2)16-10-17(15(5)9-14(16)4)18-8-7-13(3)11-19(18)6/h7-12H,1-6H3/q+1. The highest BCUT2D eigenvalue weighted by atomic mass is 14.9. The van der Waals surface area contributed by atoms with Crippen LogP contribution in [-0.2, 0) is 7.05 Å². The van der Waals surface area contributed by atoms with Crippen LogP contribution < -0.4 is 4.57 Å². The fraction of sp³-hybridized carbons (Fsp3) is 0.389. The highest BCUT2D eigenvalue weighted by molar-refractivity contribution is 5.63. The molecule has 0 N–H and O–H groups in total. The molecule has 1 nitrogen and oxygen atoms in total. The molecule has 0 saturated heterocycles. The SMILES string of the molecule is Cc1ccc(-c2cc(C(C)C)c(C)cc2C)[n+](C)c1. The van der Waals surface area contributed by atoms with Gasteiger partial charge in [0.25, 0.3) is 0 Å². The molecule has 19 heavy (non-hydrogen) atoms. The third-order valence-electron chi connectivity index (χ3n) is 3.79. The maximum absolute atomic E-state index is 2.36. The van der Waals surface area contributed by atoms with Gasteiger partial charge in [-0.25, -0.2) is 4.57 Å². The lowest BCUT2D eigenvalue weighted by Crippen LogP contribution is -2.31. The predicted molar refractivity (Wildman–Crippen MR) is 81.4 cm³/mol. The summed E-state index contributed by atoms with van der Waals surface area (Å²) in [6.45, 7) is 11.1. The first kappa shape index (κ1) is 13.8. The minimum Gasteiger partial charge on any atom is -0.201 e. The van der Waals surface area contributed by atoms with Crippen LogP contribution in [0, 0.1) is 20.8 Å². The van der Waals surface area contributed by atoms with Crippen LogP contribution in [0.5, 0.6) is 0 Å². The maximum Gasteiger partial charge on any atom is 0.212 e. The average Bonchev–Trinajstić information content (AvgIpc) is 2.30. The number of aromatic nitrogens is 1. The van der Waals surface area contributed by atoms with E-state index in [2.05, 4.69) is 76.7 Å². The van der Waals surface area contributed by atoms with E-state index in [4.69, 9.17) is 0 Å². The van der Waals surface area contributed by atoms with E-state index in [0.717, 1.165) is 0 Å². The van der Waals surface area contributed by atoms with E-state index in [0.29, 0.717) is 5.92 Å². The Morgan fingerprint density at radius 2 is 1.63 bits per heavy atom. The quantitative estimate of drug-likeness (QED) is 0.706. The number of pyridine rings is 1. The average molecular weight is 254 g/mol. The second kappa shape index (κ2) is 5.16. The summed E-state index contributed by atoms with van der Waals surface area (Å²) in [4.78, 5) is 0. The zero-order valence-electron chi connectivity index (χ0n) is 12.9. The fourth-order valence-electron chi connectivity index (χ4n) is 2.79. The number of nitrogens with zero attached hydrogens (tertiary/aromatic N) is 1. The third-order valence-corrected chi connectivity index (χ3v) is 3.79. The predicted octanol–water partition coefficient (Wildman–Crippen LogP) is 4.23. The smallest absolute Gasteiger partial charge is 0.201 e. The van der Waals surface area contributed by atoms with Gasteiger partial charge in [-0.3, -0.25) is 0 Å². The summed E-state index contributed by atoms with van der Waals surface area (Å²) in [5.74, 6) is 0.565. The Morgan fingerprint density at radius 3 is 2.21 bits per heavy atom. The minimum absolute atomic E-state index is 0.565. The van der Waals surface area contributed by atoms with Gasteiger partial charge in [0.05, 0.1) is 0 Å². The van der Waals surface area contributed by atoms with Gasteiger partial charge < -0.3 is 0 Å². The van der Waals surface area contributed by atoms with Crippen LogP contribution in [0.4, 0.5) is 0 Å². The van der Waals surface area contributed by atoms with E-state index >= 15 is 0 Å². The number of hydrogen-bond acceptors (Lipinski definition) is 0. The molecule has 0 aliphatic heterocycles. The Hall–Kier alpha value is -1.63. The molecule has 0 unspecified atom stereocenters. The highest BCUT2D eigenvalue weighted by Gasteiger charge is 2.15. The lowest BCUT2D eigenvalue weighted by Gasteiger charge is -2.14. The van der Waals surface area contributed by atoms with Crippen LogP contribution in [0.15, 0.2) is 30.5 Å². The van der Waals surface area contributed by atoms with Crippen molar-refractivity contribution in [2.24, 2.45) is 7.05 Å². The first-order valence-corrected chi connectivity index (χ1v) is 6.98. The van der Waals surface area contributed by atoms with Gasteiger partial charge in [0.2, 0.25) is 5.69 Å². The molecule has 1 heterocycles. The molecule has 1 heteroatoms. The van der Waals surface area contributed by atoms with E-state index in [-0.39, 0.29) is 0 Å². The molecule has 1 aromatic heterocycles. The number of hydrogen-bond donors (Lipinski definition) is 0. The Labute approximate surface area is 116 Å². The third kappa shape index (κ3) is 2.70. The van der Waals surface area contributed by atoms with E-state index < -0.39 is 0 Å². The molecule has 100 valence electrons. The first-order valence-electron chi connectivity index (χ1n) is 6.98. The summed E-state index contributed by atoms with van der Waals surface area (Å²) < 4.78 is 2.22. The molecule has 2 aromatic rings. The van der Waals surface area contributed by atoms with Crippen molar-refractivity contribution in [2.45, 2.75) is 40.5 Å². The van der Waals surface area contributed by atoms with Gasteiger partial charge >= 0.3 is 0 Å². The molecule has 0 saturated carbocycles. The molecule has 0 spiro atoms. The van der Waals surface area contributed by atoms with Gasteiger partial charge in [0.1, 0.15) is 7.05 Å². The van der Waals surface area contributed by atoms with Crippen molar-refractivity contribution in [2.75, 3.05) is 0 Å². The second-order valence-electron chi connectivity index (χ2n) is 5.88. The summed E-state index contributed by atoms with van der Waals surface area (Å²) in [6, 6.07) is 9.07. The van der Waals surface area contributed by atoms with Crippen LogP contribution in [0.25, 0.3) is 11.3 Å². The van der Waals surface area contributed by atoms with Crippen molar-refractivity contribution in [1.29, 1.82) is 0 Å². The summed E-state index contributed by atoms with van der Waals surface area (Å²) >= 11 is 0. The zero-order valence-corrected chi connectivity index (χ0v) is 12.9. The Bertz CT molecular complexity index is 609. The molecule has 0 atom stereocenters. The van der Waals surface area contributed by atoms with Crippen molar-refractivity contribution in [1.82, 2.24) is 0 Å². The topological polar surface area (TPSA) is 3.88 Å². The van der Waals surface area contributed by atoms with E-state index in [1.807, 2.05) is 0 Å². The molecule has 0 radical (unpaired) electrons. The molecule has 1 aromatic carbocycles. The van der Waals surface area contributed by atoms with Gasteiger partial charge in [-0.2, -0.15) is 0 Å². The van der Waals surface area contributed by atoms with Crippen LogP contribution >= 0.6 is 0 Å². The lowest BCUT2D eigenvalue weighted by molar-refractivity contribution is -0.660. The lowest BCUT2D eigenvalue weighted by atomic mass is 9.91. The first-order chi connectivity index (χ1) is 8.90. The van der Waals surface area contributed by atoms with Crippen molar-refractivity contribution in [3.8, 4) is 11.3 Å². The van der Waals surface area contributed by atoms with Crippen molar-refractivity contribution < 1.29 is 4.57 Å². The Kier molecular flexibility index (Phi) is 3.75. The van der Waals surface area contributed by atoms with Crippen molar-refractivity contribution in [3.63, 3.8) is 0 Å². The minimum atomic E-state index is 0.565. The van der Waals surface area contributed by atoms with Crippen molar-refractivity contribution in [3.05, 3.63) is 52.7 Å². The van der Waals surface area contributed by atoms with Gasteiger partial charge in [-0.05, 0) is 55.5 Å². The molecule has 2 rings (SSSR count). The number of rotatable bonds is 2. The molecule has 0 amide bonds. The number of benzene rings is 1. The summed E-state index contributed by atoms with van der Waals surface area (Å²) in [7, 11) is 2.12. The summed E-state index contributed by atoms with van der Waals surface area (Å²) in [5.41, 5.74) is 8.11. The van der Waals surface area contributed by atoms with Gasteiger partial charge in [-0.15, -0.1) is 0 Å². The highest BCUT2D eigenvalue weighted by Crippen LogP contribution is 2.28. The van der Waals surface area contributed by atoms with Gasteiger partial charge in [0.15, 0.2) is 6.20 Å². The normalized spacial score (nSPS) is 11.1. The summed E-state index contributed by atoms with van der Waals surface area (Å²) in [5, 5.41) is 0. The molecule has 0 fully saturated rings. The van der Waals surface area contributed by atoms with Crippen LogP contribution in [-0.4, -0.2) is 0 Å².